The van der Waals surface area contributed by atoms with Crippen molar-refractivity contribution in [3.8, 4) is 0 Å². The normalized spacial score (nSPS) is 22.9. The van der Waals surface area contributed by atoms with Crippen molar-refractivity contribution >= 4 is 0 Å². The number of aryl methyl sites for hydroxylation is 1. The summed E-state index contributed by atoms with van der Waals surface area (Å²) in [5.74, 6) is 0. The lowest BCUT2D eigenvalue weighted by Crippen LogP contribution is -2.36. The number of aliphatic hydroxyl groups excluding tert-OH is 1. The Hall–Kier alpha value is -0.930. The second-order valence-corrected chi connectivity index (χ2v) is 4.24. The molecular formula is C12H18N2O. The number of aliphatic hydroxyl groups is 1. The molecule has 3 heteroatoms. The number of rotatable bonds is 3. The lowest BCUT2D eigenvalue weighted by atomic mass is 10.0. The fraction of sp³-hybridized carbons (Fsp3) is 0.583. The van der Waals surface area contributed by atoms with Gasteiger partial charge < -0.3 is 10.4 Å². The molecule has 15 heavy (non-hydrogen) atoms. The van der Waals surface area contributed by atoms with E-state index in [0.29, 0.717) is 6.42 Å². The van der Waals surface area contributed by atoms with Crippen molar-refractivity contribution in [2.45, 2.75) is 38.3 Å². The van der Waals surface area contributed by atoms with Gasteiger partial charge in [0, 0.05) is 23.9 Å². The standard InChI is InChI=1S/C12H18N2O/c1-9-4-2-5-10(14-9)8-12(15)11-6-3-7-13-11/h2,4-5,11-13,15H,3,6-8H2,1H3/t11-,12?/m1/s1. The van der Waals surface area contributed by atoms with Crippen molar-refractivity contribution in [1.29, 1.82) is 0 Å². The van der Waals surface area contributed by atoms with Crippen molar-refractivity contribution in [3.63, 3.8) is 0 Å². The van der Waals surface area contributed by atoms with Gasteiger partial charge in [-0.25, -0.2) is 0 Å². The van der Waals surface area contributed by atoms with Gasteiger partial charge in [0.15, 0.2) is 0 Å². The van der Waals surface area contributed by atoms with Crippen LogP contribution in [0.2, 0.25) is 0 Å². The molecule has 0 aromatic carbocycles. The van der Waals surface area contributed by atoms with E-state index in [9.17, 15) is 5.11 Å². The van der Waals surface area contributed by atoms with Gasteiger partial charge in [-0.2, -0.15) is 0 Å². The van der Waals surface area contributed by atoms with Crippen LogP contribution in [0.3, 0.4) is 0 Å². The van der Waals surface area contributed by atoms with Gasteiger partial charge in [0.1, 0.15) is 0 Å². The maximum atomic E-state index is 9.99. The van der Waals surface area contributed by atoms with Crippen LogP contribution in [0.15, 0.2) is 18.2 Å². The van der Waals surface area contributed by atoms with Gasteiger partial charge in [-0.15, -0.1) is 0 Å². The highest BCUT2D eigenvalue weighted by atomic mass is 16.3. The van der Waals surface area contributed by atoms with E-state index in [2.05, 4.69) is 10.3 Å². The number of nitrogens with zero attached hydrogens (tertiary/aromatic N) is 1. The molecule has 0 bridgehead atoms. The Kier molecular flexibility index (Phi) is 3.34. The minimum Gasteiger partial charge on any atom is -0.391 e. The van der Waals surface area contributed by atoms with Crippen molar-refractivity contribution in [2.75, 3.05) is 6.54 Å². The Labute approximate surface area is 90.5 Å². The molecule has 0 radical (unpaired) electrons. The predicted octanol–water partition coefficient (Wildman–Crippen LogP) is 1.05. The summed E-state index contributed by atoms with van der Waals surface area (Å²) in [5, 5.41) is 13.3. The van der Waals surface area contributed by atoms with Crippen LogP contribution in [0, 0.1) is 6.92 Å². The zero-order valence-corrected chi connectivity index (χ0v) is 9.11. The van der Waals surface area contributed by atoms with Crippen LogP contribution in [0.1, 0.15) is 24.2 Å². The average Bonchev–Trinajstić information content (AvgIpc) is 2.70. The fourth-order valence-corrected chi connectivity index (χ4v) is 2.11. The number of pyridine rings is 1. The lowest BCUT2D eigenvalue weighted by Gasteiger charge is -2.17. The molecule has 0 amide bonds. The Balaban J connectivity index is 1.95. The molecule has 1 aromatic heterocycles. The molecule has 1 aromatic rings. The van der Waals surface area contributed by atoms with Crippen LogP contribution < -0.4 is 5.32 Å². The summed E-state index contributed by atoms with van der Waals surface area (Å²) in [5.41, 5.74) is 2.00. The van der Waals surface area contributed by atoms with E-state index in [1.165, 1.54) is 6.42 Å². The highest BCUT2D eigenvalue weighted by Crippen LogP contribution is 2.12. The molecule has 1 fully saturated rings. The quantitative estimate of drug-likeness (QED) is 0.777. The fourth-order valence-electron chi connectivity index (χ4n) is 2.11. The molecule has 2 heterocycles. The number of hydrogen-bond acceptors (Lipinski definition) is 3. The molecule has 0 aliphatic carbocycles. The predicted molar refractivity (Wildman–Crippen MR) is 59.7 cm³/mol. The second kappa shape index (κ2) is 4.73. The van der Waals surface area contributed by atoms with E-state index in [1.807, 2.05) is 25.1 Å². The van der Waals surface area contributed by atoms with E-state index in [-0.39, 0.29) is 12.1 Å². The van der Waals surface area contributed by atoms with Crippen LogP contribution in [-0.4, -0.2) is 28.8 Å². The van der Waals surface area contributed by atoms with E-state index in [4.69, 9.17) is 0 Å². The van der Waals surface area contributed by atoms with E-state index < -0.39 is 0 Å². The van der Waals surface area contributed by atoms with E-state index in [0.717, 1.165) is 24.4 Å². The summed E-state index contributed by atoms with van der Waals surface area (Å²) in [7, 11) is 0. The van der Waals surface area contributed by atoms with Crippen molar-refractivity contribution < 1.29 is 5.11 Å². The monoisotopic (exact) mass is 206 g/mol. The first-order chi connectivity index (χ1) is 7.25. The zero-order valence-electron chi connectivity index (χ0n) is 9.11. The maximum absolute atomic E-state index is 9.99. The highest BCUT2D eigenvalue weighted by molar-refractivity contribution is 5.11. The van der Waals surface area contributed by atoms with Crippen LogP contribution in [0.25, 0.3) is 0 Å². The molecule has 82 valence electrons. The van der Waals surface area contributed by atoms with Crippen LogP contribution in [0.4, 0.5) is 0 Å². The molecule has 2 rings (SSSR count). The smallest absolute Gasteiger partial charge is 0.0748 e. The van der Waals surface area contributed by atoms with Gasteiger partial charge in [-0.3, -0.25) is 4.98 Å². The van der Waals surface area contributed by atoms with E-state index >= 15 is 0 Å². The van der Waals surface area contributed by atoms with E-state index in [1.54, 1.807) is 0 Å². The Morgan fingerprint density at radius 2 is 2.47 bits per heavy atom. The van der Waals surface area contributed by atoms with Crippen LogP contribution in [0.5, 0.6) is 0 Å². The Bertz CT molecular complexity index is 321. The van der Waals surface area contributed by atoms with Gasteiger partial charge in [0.2, 0.25) is 0 Å². The Morgan fingerprint density at radius 3 is 3.13 bits per heavy atom. The third-order valence-electron chi connectivity index (χ3n) is 2.93. The summed E-state index contributed by atoms with van der Waals surface area (Å²) < 4.78 is 0. The number of hydrogen-bond donors (Lipinski definition) is 2. The number of aromatic nitrogens is 1. The molecule has 1 saturated heterocycles. The van der Waals surface area contributed by atoms with Gasteiger partial charge in [0.05, 0.1) is 6.10 Å². The van der Waals surface area contributed by atoms with Crippen molar-refractivity contribution in [3.05, 3.63) is 29.6 Å². The molecule has 1 aliphatic heterocycles. The molecule has 1 unspecified atom stereocenters. The minimum atomic E-state index is -0.304. The molecule has 0 saturated carbocycles. The van der Waals surface area contributed by atoms with Crippen molar-refractivity contribution in [1.82, 2.24) is 10.3 Å². The topological polar surface area (TPSA) is 45.1 Å². The highest BCUT2D eigenvalue weighted by Gasteiger charge is 2.22. The molecule has 0 spiro atoms. The van der Waals surface area contributed by atoms with Gasteiger partial charge in [-0.1, -0.05) is 6.07 Å². The average molecular weight is 206 g/mol. The molecular weight excluding hydrogens is 188 g/mol. The Morgan fingerprint density at radius 1 is 1.60 bits per heavy atom. The first kappa shape index (κ1) is 10.6. The third kappa shape index (κ3) is 2.76. The second-order valence-electron chi connectivity index (χ2n) is 4.24. The summed E-state index contributed by atoms with van der Waals surface area (Å²) in [6, 6.07) is 6.20. The summed E-state index contributed by atoms with van der Waals surface area (Å²) >= 11 is 0. The summed E-state index contributed by atoms with van der Waals surface area (Å²) in [4.78, 5) is 4.40. The van der Waals surface area contributed by atoms with Gasteiger partial charge in [0.25, 0.3) is 0 Å². The summed E-state index contributed by atoms with van der Waals surface area (Å²) in [6.07, 6.45) is 2.59. The first-order valence-electron chi connectivity index (χ1n) is 5.60. The van der Waals surface area contributed by atoms with Crippen LogP contribution in [-0.2, 0) is 6.42 Å². The van der Waals surface area contributed by atoms with Gasteiger partial charge in [-0.05, 0) is 38.4 Å². The summed E-state index contributed by atoms with van der Waals surface area (Å²) in [6.45, 7) is 3.01. The SMILES string of the molecule is Cc1cccc(CC(O)[C@H]2CCCN2)n1. The van der Waals surface area contributed by atoms with Gasteiger partial charge >= 0.3 is 0 Å². The minimum absolute atomic E-state index is 0.257. The van der Waals surface area contributed by atoms with Crippen LogP contribution >= 0.6 is 0 Å². The first-order valence-corrected chi connectivity index (χ1v) is 5.60. The van der Waals surface area contributed by atoms with Crippen molar-refractivity contribution in [2.24, 2.45) is 0 Å². The molecule has 2 N–H and O–H groups in total. The molecule has 1 aliphatic rings. The number of nitrogens with one attached hydrogen (secondary N) is 1. The lowest BCUT2D eigenvalue weighted by molar-refractivity contribution is 0.135. The largest absolute Gasteiger partial charge is 0.391 e. The molecule has 2 atom stereocenters. The zero-order chi connectivity index (χ0) is 10.7. The maximum Gasteiger partial charge on any atom is 0.0748 e. The third-order valence-corrected chi connectivity index (χ3v) is 2.93. The molecule has 3 nitrogen and oxygen atoms in total.